The molecule has 1 aromatic rings. The van der Waals surface area contributed by atoms with Gasteiger partial charge in [-0.3, -0.25) is 0 Å². The first-order valence-electron chi connectivity index (χ1n) is 5.91. The molecular formula is C15H20O2S. The fourth-order valence-electron chi connectivity index (χ4n) is 1.36. The van der Waals surface area contributed by atoms with Gasteiger partial charge in [0.1, 0.15) is 10.8 Å². The van der Waals surface area contributed by atoms with Gasteiger partial charge in [0.15, 0.2) is 0 Å². The number of hydrogen-bond acceptors (Lipinski definition) is 2. The summed E-state index contributed by atoms with van der Waals surface area (Å²) < 4.78 is 17.3. The zero-order chi connectivity index (χ0) is 13.6. The molecule has 2 atom stereocenters. The molecule has 0 aliphatic rings. The lowest BCUT2D eigenvalue weighted by Gasteiger charge is -2.13. The van der Waals surface area contributed by atoms with Crippen LogP contribution in [0.4, 0.5) is 0 Å². The second-order valence-electron chi connectivity index (χ2n) is 5.12. The van der Waals surface area contributed by atoms with Gasteiger partial charge in [0.2, 0.25) is 0 Å². The second kappa shape index (κ2) is 6.72. The van der Waals surface area contributed by atoms with Crippen LogP contribution in [0.2, 0.25) is 0 Å². The normalized spacial score (nSPS) is 14.4. The van der Waals surface area contributed by atoms with E-state index in [9.17, 15) is 4.21 Å². The van der Waals surface area contributed by atoms with Crippen LogP contribution in [0.15, 0.2) is 30.3 Å². The highest BCUT2D eigenvalue weighted by Crippen LogP contribution is 2.17. The van der Waals surface area contributed by atoms with E-state index in [-0.39, 0.29) is 11.5 Å². The Balaban J connectivity index is 2.70. The van der Waals surface area contributed by atoms with E-state index in [1.807, 2.05) is 51.1 Å². The zero-order valence-electron chi connectivity index (χ0n) is 11.4. The molecule has 1 aromatic carbocycles. The van der Waals surface area contributed by atoms with Crippen molar-refractivity contribution in [2.75, 3.05) is 12.9 Å². The van der Waals surface area contributed by atoms with E-state index in [0.717, 1.165) is 5.56 Å². The molecule has 0 aliphatic heterocycles. The lowest BCUT2D eigenvalue weighted by Crippen LogP contribution is -2.11. The van der Waals surface area contributed by atoms with Gasteiger partial charge in [-0.2, -0.15) is 0 Å². The summed E-state index contributed by atoms with van der Waals surface area (Å²) in [6.07, 6.45) is -0.165. The fourth-order valence-corrected chi connectivity index (χ4v) is 2.46. The van der Waals surface area contributed by atoms with E-state index in [1.54, 1.807) is 7.11 Å². The van der Waals surface area contributed by atoms with Crippen molar-refractivity contribution in [3.05, 3.63) is 35.9 Å². The Kier molecular flexibility index (Phi) is 5.58. The quantitative estimate of drug-likeness (QED) is 0.781. The van der Waals surface area contributed by atoms with E-state index < -0.39 is 10.8 Å². The molecule has 0 amide bonds. The molecule has 0 radical (unpaired) electrons. The molecule has 0 fully saturated rings. The average Bonchev–Trinajstić information content (AvgIpc) is 2.33. The highest BCUT2D eigenvalue weighted by atomic mass is 32.2. The molecule has 0 aromatic heterocycles. The summed E-state index contributed by atoms with van der Waals surface area (Å²) in [7, 11) is 0.448. The van der Waals surface area contributed by atoms with E-state index in [1.165, 1.54) is 0 Å². The molecule has 3 heteroatoms. The molecule has 0 bridgehead atoms. The molecule has 18 heavy (non-hydrogen) atoms. The van der Waals surface area contributed by atoms with Gasteiger partial charge in [-0.15, -0.1) is 0 Å². The topological polar surface area (TPSA) is 26.3 Å². The van der Waals surface area contributed by atoms with Crippen molar-refractivity contribution in [3.63, 3.8) is 0 Å². The fraction of sp³-hybridized carbons (Fsp3) is 0.467. The minimum atomic E-state index is -1.18. The summed E-state index contributed by atoms with van der Waals surface area (Å²) >= 11 is 0. The van der Waals surface area contributed by atoms with Crippen LogP contribution in [0.1, 0.15) is 32.4 Å². The molecule has 0 heterocycles. The first kappa shape index (κ1) is 14.9. The van der Waals surface area contributed by atoms with E-state index >= 15 is 0 Å². The van der Waals surface area contributed by atoms with Gasteiger partial charge in [-0.1, -0.05) is 36.3 Å². The SMILES string of the molecule is CO[C@H](CS(=O)C#CC(C)(C)C)c1ccccc1. The number of hydrogen-bond donors (Lipinski definition) is 0. The van der Waals surface area contributed by atoms with Crippen LogP contribution in [0.5, 0.6) is 0 Å². The van der Waals surface area contributed by atoms with Crippen LogP contribution in [0, 0.1) is 16.6 Å². The number of methoxy groups -OCH3 is 1. The van der Waals surface area contributed by atoms with Gasteiger partial charge in [0, 0.05) is 12.5 Å². The molecule has 98 valence electrons. The van der Waals surface area contributed by atoms with Crippen molar-refractivity contribution in [2.45, 2.75) is 26.9 Å². The molecule has 0 saturated carbocycles. The lowest BCUT2D eigenvalue weighted by molar-refractivity contribution is 0.123. The van der Waals surface area contributed by atoms with Gasteiger partial charge in [0.05, 0.1) is 11.9 Å². The minimum absolute atomic E-state index is 0.120. The Labute approximate surface area is 112 Å². The van der Waals surface area contributed by atoms with Gasteiger partial charge >= 0.3 is 0 Å². The Morgan fingerprint density at radius 1 is 1.28 bits per heavy atom. The van der Waals surface area contributed by atoms with Crippen molar-refractivity contribution in [1.29, 1.82) is 0 Å². The predicted molar refractivity (Wildman–Crippen MR) is 76.4 cm³/mol. The maximum atomic E-state index is 11.9. The molecule has 0 N–H and O–H groups in total. The van der Waals surface area contributed by atoms with Crippen LogP contribution < -0.4 is 0 Å². The second-order valence-corrected chi connectivity index (χ2v) is 6.35. The molecule has 1 rings (SSSR count). The Morgan fingerprint density at radius 3 is 2.39 bits per heavy atom. The number of ether oxygens (including phenoxy) is 1. The lowest BCUT2D eigenvalue weighted by atomic mass is 9.99. The predicted octanol–water partition coefficient (Wildman–Crippen LogP) is 3.13. The molecule has 0 aliphatic carbocycles. The van der Waals surface area contributed by atoms with Crippen LogP contribution in [-0.4, -0.2) is 17.1 Å². The van der Waals surface area contributed by atoms with Gasteiger partial charge < -0.3 is 4.74 Å². The number of benzene rings is 1. The third-order valence-electron chi connectivity index (χ3n) is 2.30. The molecule has 0 saturated heterocycles. The van der Waals surface area contributed by atoms with Gasteiger partial charge in [0.25, 0.3) is 0 Å². The van der Waals surface area contributed by atoms with Crippen LogP contribution >= 0.6 is 0 Å². The summed E-state index contributed by atoms with van der Waals surface area (Å²) in [4.78, 5) is 0. The van der Waals surface area contributed by atoms with E-state index in [4.69, 9.17) is 4.74 Å². The summed E-state index contributed by atoms with van der Waals surface area (Å²) in [5, 5.41) is 2.80. The first-order chi connectivity index (χ1) is 8.42. The van der Waals surface area contributed by atoms with E-state index in [0.29, 0.717) is 5.75 Å². The monoisotopic (exact) mass is 264 g/mol. The zero-order valence-corrected chi connectivity index (χ0v) is 12.2. The van der Waals surface area contributed by atoms with E-state index in [2.05, 4.69) is 11.2 Å². The van der Waals surface area contributed by atoms with Crippen molar-refractivity contribution in [1.82, 2.24) is 0 Å². The van der Waals surface area contributed by atoms with Crippen molar-refractivity contribution >= 4 is 10.8 Å². The average molecular weight is 264 g/mol. The Bertz CT molecular complexity index is 449. The maximum absolute atomic E-state index is 11.9. The maximum Gasteiger partial charge on any atom is 0.100 e. The summed E-state index contributed by atoms with van der Waals surface area (Å²) in [6.45, 7) is 6.01. The Morgan fingerprint density at radius 2 is 1.89 bits per heavy atom. The largest absolute Gasteiger partial charge is 0.376 e. The van der Waals surface area contributed by atoms with Gasteiger partial charge in [-0.05, 0) is 31.6 Å². The van der Waals surface area contributed by atoms with Crippen LogP contribution in [-0.2, 0) is 15.5 Å². The third-order valence-corrected chi connectivity index (χ3v) is 3.23. The van der Waals surface area contributed by atoms with Crippen molar-refractivity contribution in [2.24, 2.45) is 5.41 Å². The van der Waals surface area contributed by atoms with Gasteiger partial charge in [-0.25, -0.2) is 4.21 Å². The van der Waals surface area contributed by atoms with Crippen LogP contribution in [0.3, 0.4) is 0 Å². The standard InChI is InChI=1S/C15H20O2S/c1-15(2,3)10-11-18(16)12-14(17-4)13-8-6-5-7-9-13/h5-9,14H,12H2,1-4H3/t14-,18?/m1/s1. The highest BCUT2D eigenvalue weighted by Gasteiger charge is 2.13. The highest BCUT2D eigenvalue weighted by molar-refractivity contribution is 7.89. The molecular weight excluding hydrogens is 244 g/mol. The third kappa shape index (κ3) is 5.48. The summed E-state index contributed by atoms with van der Waals surface area (Å²) in [5.41, 5.74) is 0.913. The first-order valence-corrected chi connectivity index (χ1v) is 7.23. The molecule has 2 nitrogen and oxygen atoms in total. The Hall–Kier alpha value is -1.11. The van der Waals surface area contributed by atoms with Crippen LogP contribution in [0.25, 0.3) is 0 Å². The smallest absolute Gasteiger partial charge is 0.100 e. The summed E-state index contributed by atoms with van der Waals surface area (Å²) in [6, 6.07) is 9.80. The molecule has 0 spiro atoms. The molecule has 1 unspecified atom stereocenters. The summed E-state index contributed by atoms with van der Waals surface area (Å²) in [5.74, 6) is 3.40. The number of rotatable bonds is 4. The van der Waals surface area contributed by atoms with Crippen molar-refractivity contribution in [3.8, 4) is 11.2 Å². The minimum Gasteiger partial charge on any atom is -0.376 e. The van der Waals surface area contributed by atoms with Crippen molar-refractivity contribution < 1.29 is 8.95 Å².